The van der Waals surface area contributed by atoms with E-state index >= 15 is 0 Å². The molecule has 1 aromatic rings. The zero-order valence-electron chi connectivity index (χ0n) is 9.94. The summed E-state index contributed by atoms with van der Waals surface area (Å²) in [5.74, 6) is 1.34. The van der Waals surface area contributed by atoms with Crippen LogP contribution in [0.15, 0.2) is 16.7 Å². The number of aromatic nitrogens is 1. The molecule has 1 N–H and O–H groups in total. The summed E-state index contributed by atoms with van der Waals surface area (Å²) in [5.41, 5.74) is -0.00962. The molecule has 0 atom stereocenters. The molecule has 0 aromatic carbocycles. The first-order valence-electron chi connectivity index (χ1n) is 5.54. The Morgan fingerprint density at radius 2 is 2.29 bits per heavy atom. The van der Waals surface area contributed by atoms with Crippen LogP contribution in [0.25, 0.3) is 0 Å². The topological polar surface area (TPSA) is 68.1 Å². The fourth-order valence-electron chi connectivity index (χ4n) is 1.37. The first-order chi connectivity index (χ1) is 8.00. The number of nitrogens with zero attached hydrogens (tertiary/aromatic N) is 2. The molecule has 0 spiro atoms. The lowest BCUT2D eigenvalue weighted by molar-refractivity contribution is -0.385. The van der Waals surface area contributed by atoms with Crippen LogP contribution in [0.4, 0.5) is 11.5 Å². The zero-order chi connectivity index (χ0) is 12.8. The zero-order valence-corrected chi connectivity index (χ0v) is 11.5. The number of nitro groups is 1. The largest absolute Gasteiger partial charge is 0.369 e. The first kappa shape index (κ1) is 13.9. The van der Waals surface area contributed by atoms with E-state index < -0.39 is 4.92 Å². The Kier molecular flexibility index (Phi) is 5.34. The lowest BCUT2D eigenvalue weighted by atomic mass is 10.1. The Balaban J connectivity index is 2.52. The van der Waals surface area contributed by atoms with E-state index in [0.717, 1.165) is 19.4 Å². The van der Waals surface area contributed by atoms with Crippen molar-refractivity contribution in [1.29, 1.82) is 0 Å². The van der Waals surface area contributed by atoms with Crippen LogP contribution in [0.2, 0.25) is 0 Å². The van der Waals surface area contributed by atoms with Crippen molar-refractivity contribution < 1.29 is 4.92 Å². The normalized spacial score (nSPS) is 10.6. The Bertz CT molecular complexity index is 396. The summed E-state index contributed by atoms with van der Waals surface area (Å²) in [6, 6.07) is 1.46. The maximum Gasteiger partial charge on any atom is 0.288 e. The van der Waals surface area contributed by atoms with Crippen molar-refractivity contribution in [2.75, 3.05) is 11.9 Å². The second-order valence-corrected chi connectivity index (χ2v) is 5.10. The summed E-state index contributed by atoms with van der Waals surface area (Å²) in [7, 11) is 0. The lowest BCUT2D eigenvalue weighted by Crippen LogP contribution is -2.05. The van der Waals surface area contributed by atoms with Crippen LogP contribution >= 0.6 is 15.9 Å². The van der Waals surface area contributed by atoms with Gasteiger partial charge in [0.15, 0.2) is 0 Å². The van der Waals surface area contributed by atoms with E-state index in [4.69, 9.17) is 0 Å². The van der Waals surface area contributed by atoms with Gasteiger partial charge < -0.3 is 5.32 Å². The smallest absolute Gasteiger partial charge is 0.288 e. The maximum atomic E-state index is 10.5. The molecule has 17 heavy (non-hydrogen) atoms. The minimum atomic E-state index is -0.458. The summed E-state index contributed by atoms with van der Waals surface area (Å²) in [5, 5.41) is 13.7. The molecule has 1 rings (SSSR count). The van der Waals surface area contributed by atoms with Gasteiger partial charge in [0, 0.05) is 12.6 Å². The van der Waals surface area contributed by atoms with Crippen LogP contribution in [0.3, 0.4) is 0 Å². The summed E-state index contributed by atoms with van der Waals surface area (Å²) in [4.78, 5) is 14.1. The summed E-state index contributed by atoms with van der Waals surface area (Å²) in [6.07, 6.45) is 3.47. The SMILES string of the molecule is CC(C)CCCNc1ncc([N+](=O)[O-])cc1Br. The molecule has 0 aliphatic rings. The Morgan fingerprint density at radius 1 is 1.59 bits per heavy atom. The van der Waals surface area contributed by atoms with E-state index in [0.29, 0.717) is 16.2 Å². The van der Waals surface area contributed by atoms with Gasteiger partial charge in [-0.2, -0.15) is 0 Å². The number of anilines is 1. The van der Waals surface area contributed by atoms with Gasteiger partial charge in [0.1, 0.15) is 12.0 Å². The Morgan fingerprint density at radius 3 is 2.82 bits per heavy atom. The van der Waals surface area contributed by atoms with Gasteiger partial charge in [-0.15, -0.1) is 0 Å². The Labute approximate surface area is 109 Å². The lowest BCUT2D eigenvalue weighted by Gasteiger charge is -2.08. The van der Waals surface area contributed by atoms with Crippen LogP contribution in [0.1, 0.15) is 26.7 Å². The second kappa shape index (κ2) is 6.54. The molecule has 0 bridgehead atoms. The van der Waals surface area contributed by atoms with Gasteiger partial charge in [-0.1, -0.05) is 13.8 Å². The predicted octanol–water partition coefficient (Wildman–Crippen LogP) is 3.60. The monoisotopic (exact) mass is 301 g/mol. The number of hydrogen-bond acceptors (Lipinski definition) is 4. The van der Waals surface area contributed by atoms with E-state index in [-0.39, 0.29) is 5.69 Å². The molecule has 0 aliphatic heterocycles. The Hall–Kier alpha value is -1.17. The minimum absolute atomic E-state index is 0.00962. The molecule has 1 aromatic heterocycles. The van der Waals surface area contributed by atoms with Gasteiger partial charge in [0.25, 0.3) is 5.69 Å². The fraction of sp³-hybridized carbons (Fsp3) is 0.545. The number of halogens is 1. The average molecular weight is 302 g/mol. The highest BCUT2D eigenvalue weighted by Gasteiger charge is 2.09. The number of rotatable bonds is 6. The van der Waals surface area contributed by atoms with Crippen molar-refractivity contribution >= 4 is 27.4 Å². The van der Waals surface area contributed by atoms with Crippen LogP contribution in [-0.2, 0) is 0 Å². The van der Waals surface area contributed by atoms with Crippen molar-refractivity contribution in [3.63, 3.8) is 0 Å². The highest BCUT2D eigenvalue weighted by molar-refractivity contribution is 9.10. The quantitative estimate of drug-likeness (QED) is 0.495. The molecule has 94 valence electrons. The van der Waals surface area contributed by atoms with Gasteiger partial charge in [-0.05, 0) is 34.7 Å². The maximum absolute atomic E-state index is 10.5. The predicted molar refractivity (Wildman–Crippen MR) is 71.2 cm³/mol. The molecule has 0 amide bonds. The van der Waals surface area contributed by atoms with E-state index in [9.17, 15) is 10.1 Å². The molecule has 0 aliphatic carbocycles. The first-order valence-corrected chi connectivity index (χ1v) is 6.34. The van der Waals surface area contributed by atoms with Crippen LogP contribution in [0.5, 0.6) is 0 Å². The molecule has 5 nitrogen and oxygen atoms in total. The molecule has 0 fully saturated rings. The highest BCUT2D eigenvalue weighted by atomic mass is 79.9. The van der Waals surface area contributed by atoms with E-state index in [1.54, 1.807) is 0 Å². The third-order valence-corrected chi connectivity index (χ3v) is 2.89. The summed E-state index contributed by atoms with van der Waals surface area (Å²) >= 11 is 3.27. The fourth-order valence-corrected chi connectivity index (χ4v) is 1.85. The van der Waals surface area contributed by atoms with Crippen LogP contribution < -0.4 is 5.32 Å². The van der Waals surface area contributed by atoms with Crippen molar-refractivity contribution in [2.45, 2.75) is 26.7 Å². The average Bonchev–Trinajstić information content (AvgIpc) is 2.25. The standard InChI is InChI=1S/C11H16BrN3O2/c1-8(2)4-3-5-13-11-10(12)6-9(7-14-11)15(16)17/h6-8H,3-5H2,1-2H3,(H,13,14). The third-order valence-electron chi connectivity index (χ3n) is 2.29. The summed E-state index contributed by atoms with van der Waals surface area (Å²) in [6.45, 7) is 5.18. The van der Waals surface area contributed by atoms with Gasteiger partial charge in [-0.25, -0.2) is 4.98 Å². The van der Waals surface area contributed by atoms with Gasteiger partial charge >= 0.3 is 0 Å². The van der Waals surface area contributed by atoms with Crippen molar-refractivity contribution in [1.82, 2.24) is 4.98 Å². The van der Waals surface area contributed by atoms with Gasteiger partial charge in [-0.3, -0.25) is 10.1 Å². The molecular formula is C11H16BrN3O2. The molecule has 0 unspecified atom stereocenters. The van der Waals surface area contributed by atoms with E-state index in [1.807, 2.05) is 0 Å². The van der Waals surface area contributed by atoms with Crippen molar-refractivity contribution in [3.05, 3.63) is 26.9 Å². The third kappa shape index (κ3) is 4.68. The molecule has 6 heteroatoms. The molecular weight excluding hydrogens is 286 g/mol. The molecule has 0 saturated heterocycles. The van der Waals surface area contributed by atoms with Gasteiger partial charge in [0.2, 0.25) is 0 Å². The molecule has 0 radical (unpaired) electrons. The second-order valence-electron chi connectivity index (χ2n) is 4.24. The van der Waals surface area contributed by atoms with E-state index in [2.05, 4.69) is 40.1 Å². The van der Waals surface area contributed by atoms with Crippen molar-refractivity contribution in [3.8, 4) is 0 Å². The number of pyridine rings is 1. The number of hydrogen-bond donors (Lipinski definition) is 1. The van der Waals surface area contributed by atoms with Gasteiger partial charge in [0.05, 0.1) is 9.40 Å². The van der Waals surface area contributed by atoms with E-state index in [1.165, 1.54) is 12.3 Å². The van der Waals surface area contributed by atoms with Crippen LogP contribution in [-0.4, -0.2) is 16.5 Å². The molecule has 0 saturated carbocycles. The van der Waals surface area contributed by atoms with Crippen molar-refractivity contribution in [2.24, 2.45) is 5.92 Å². The highest BCUT2D eigenvalue weighted by Crippen LogP contribution is 2.24. The summed E-state index contributed by atoms with van der Waals surface area (Å²) < 4.78 is 0.622. The number of nitrogens with one attached hydrogen (secondary N) is 1. The van der Waals surface area contributed by atoms with Crippen LogP contribution in [0, 0.1) is 16.0 Å². The minimum Gasteiger partial charge on any atom is -0.369 e. The molecule has 1 heterocycles.